The molecule has 0 aliphatic rings. The van der Waals surface area contributed by atoms with Crippen molar-refractivity contribution in [3.8, 4) is 0 Å². The molecule has 15 heavy (non-hydrogen) atoms. The van der Waals surface area contributed by atoms with Gasteiger partial charge >= 0.3 is 9.53 Å². The average Bonchev–Trinajstić information content (AvgIpc) is 2.27. The Morgan fingerprint density at radius 2 is 1.27 bits per heavy atom. The topological polar surface area (TPSA) is 27.7 Å². The molecule has 4 heteroatoms. The van der Waals surface area contributed by atoms with Crippen LogP contribution in [0.3, 0.4) is 0 Å². The van der Waals surface area contributed by atoms with Gasteiger partial charge in [-0.25, -0.2) is 0 Å². The lowest BCUT2D eigenvalue weighted by Crippen LogP contribution is -2.26. The van der Waals surface area contributed by atoms with E-state index < -0.39 is 9.53 Å². The molecular weight excluding hydrogens is 208 g/mol. The van der Waals surface area contributed by atoms with Crippen LogP contribution in [0.25, 0.3) is 0 Å². The minimum Gasteiger partial charge on any atom is -0.379 e. The normalized spacial score (nSPS) is 11.2. The van der Waals surface area contributed by atoms with Gasteiger partial charge in [0.05, 0.1) is 0 Å². The molecule has 92 valence electrons. The first-order chi connectivity index (χ1) is 7.35. The first-order valence-corrected chi connectivity index (χ1v) is 7.52. The summed E-state index contributed by atoms with van der Waals surface area (Å²) in [6, 6.07) is 0. The molecule has 0 atom stereocenters. The van der Waals surface area contributed by atoms with E-state index in [0.717, 1.165) is 26.1 Å². The summed E-state index contributed by atoms with van der Waals surface area (Å²) in [6.07, 6.45) is 7.12. The zero-order valence-corrected chi connectivity index (χ0v) is 11.6. The zero-order chi connectivity index (χ0) is 11.4. The Morgan fingerprint density at radius 1 is 0.800 bits per heavy atom. The van der Waals surface area contributed by atoms with Gasteiger partial charge in [-0.2, -0.15) is 0 Å². The first-order valence-electron chi connectivity index (χ1n) is 6.11. The van der Waals surface area contributed by atoms with Crippen LogP contribution >= 0.6 is 0 Å². The second-order valence-electron chi connectivity index (χ2n) is 3.68. The van der Waals surface area contributed by atoms with Crippen molar-refractivity contribution < 1.29 is 13.3 Å². The fourth-order valence-electron chi connectivity index (χ4n) is 1.25. The van der Waals surface area contributed by atoms with Crippen molar-refractivity contribution in [2.75, 3.05) is 20.3 Å². The Bertz CT molecular complexity index is 110. The molecule has 0 rings (SSSR count). The molecule has 0 saturated carbocycles. The molecule has 0 bridgehead atoms. The molecule has 0 aliphatic carbocycles. The van der Waals surface area contributed by atoms with Crippen molar-refractivity contribution >= 4 is 9.53 Å². The molecule has 0 spiro atoms. The molecule has 0 unspecified atom stereocenters. The molecule has 0 N–H and O–H groups in total. The second-order valence-corrected chi connectivity index (χ2v) is 5.40. The van der Waals surface area contributed by atoms with Crippen LogP contribution in [-0.4, -0.2) is 29.9 Å². The highest BCUT2D eigenvalue weighted by Crippen LogP contribution is 2.00. The predicted molar refractivity (Wildman–Crippen MR) is 65.1 cm³/mol. The van der Waals surface area contributed by atoms with Gasteiger partial charge in [0.1, 0.15) is 0 Å². The maximum Gasteiger partial charge on any atom is 0.483 e. The third kappa shape index (κ3) is 10.4. The molecule has 0 aromatic carbocycles. The molecule has 0 aliphatic heterocycles. The highest BCUT2D eigenvalue weighted by atomic mass is 28.3. The summed E-state index contributed by atoms with van der Waals surface area (Å²) < 4.78 is 16.3. The second kappa shape index (κ2) is 12.2. The standard InChI is InChI=1S/C11H26O3Si/c1-4-6-8-10-13-15(12-3)14-11-9-7-5-2/h15H,4-11H2,1-3H3. The largest absolute Gasteiger partial charge is 0.483 e. The zero-order valence-electron chi connectivity index (χ0n) is 10.5. The highest BCUT2D eigenvalue weighted by Gasteiger charge is 2.12. The Balaban J connectivity index is 3.29. The maximum absolute atomic E-state index is 5.57. The monoisotopic (exact) mass is 234 g/mol. The van der Waals surface area contributed by atoms with Crippen molar-refractivity contribution in [3.63, 3.8) is 0 Å². The lowest BCUT2D eigenvalue weighted by Gasteiger charge is -2.14. The van der Waals surface area contributed by atoms with E-state index in [1.807, 2.05) is 0 Å². The van der Waals surface area contributed by atoms with E-state index in [4.69, 9.17) is 13.3 Å². The van der Waals surface area contributed by atoms with Crippen LogP contribution in [0.15, 0.2) is 0 Å². The van der Waals surface area contributed by atoms with Crippen molar-refractivity contribution in [2.24, 2.45) is 0 Å². The van der Waals surface area contributed by atoms with Gasteiger partial charge in [0.25, 0.3) is 0 Å². The summed E-state index contributed by atoms with van der Waals surface area (Å²) in [7, 11) is -0.121. The van der Waals surface area contributed by atoms with Crippen LogP contribution in [0.4, 0.5) is 0 Å². The van der Waals surface area contributed by atoms with E-state index in [1.165, 1.54) is 25.7 Å². The molecule has 0 amide bonds. The van der Waals surface area contributed by atoms with E-state index in [1.54, 1.807) is 7.11 Å². The average molecular weight is 234 g/mol. The quantitative estimate of drug-likeness (QED) is 0.406. The molecule has 0 heterocycles. The Morgan fingerprint density at radius 3 is 1.60 bits per heavy atom. The lowest BCUT2D eigenvalue weighted by atomic mass is 10.3. The summed E-state index contributed by atoms with van der Waals surface area (Å²) in [4.78, 5) is 0. The van der Waals surface area contributed by atoms with E-state index in [9.17, 15) is 0 Å². The summed E-state index contributed by atoms with van der Waals surface area (Å²) in [5.41, 5.74) is 0. The lowest BCUT2D eigenvalue weighted by molar-refractivity contribution is 0.109. The predicted octanol–water partition coefficient (Wildman–Crippen LogP) is 2.76. The molecule has 0 fully saturated rings. The number of unbranched alkanes of at least 4 members (excludes halogenated alkanes) is 4. The summed E-state index contributed by atoms with van der Waals surface area (Å²) in [5.74, 6) is 0. The SMILES string of the molecule is CCCCCO[SiH](OC)OCCCCC. The van der Waals surface area contributed by atoms with Gasteiger partial charge in [0, 0.05) is 20.3 Å². The van der Waals surface area contributed by atoms with Crippen LogP contribution in [-0.2, 0) is 13.3 Å². The minimum absolute atomic E-state index is 0.784. The third-order valence-corrected chi connectivity index (χ3v) is 3.60. The van der Waals surface area contributed by atoms with Crippen LogP contribution in [0.5, 0.6) is 0 Å². The minimum atomic E-state index is -1.80. The summed E-state index contributed by atoms with van der Waals surface area (Å²) in [6.45, 7) is 5.94. The van der Waals surface area contributed by atoms with E-state index in [0.29, 0.717) is 0 Å². The molecule has 0 aromatic heterocycles. The smallest absolute Gasteiger partial charge is 0.379 e. The van der Waals surface area contributed by atoms with Crippen molar-refractivity contribution in [2.45, 2.75) is 52.4 Å². The van der Waals surface area contributed by atoms with Gasteiger partial charge in [0.15, 0.2) is 0 Å². The van der Waals surface area contributed by atoms with E-state index >= 15 is 0 Å². The highest BCUT2D eigenvalue weighted by molar-refractivity contribution is 6.36. The molecule has 0 saturated heterocycles. The van der Waals surface area contributed by atoms with Gasteiger partial charge in [-0.15, -0.1) is 0 Å². The Kier molecular flexibility index (Phi) is 12.2. The molecular formula is C11H26O3Si. The van der Waals surface area contributed by atoms with Crippen LogP contribution in [0, 0.1) is 0 Å². The summed E-state index contributed by atoms with van der Waals surface area (Å²) >= 11 is 0. The fourth-order valence-corrected chi connectivity index (χ4v) is 2.33. The maximum atomic E-state index is 5.57. The van der Waals surface area contributed by atoms with Crippen LogP contribution in [0.1, 0.15) is 52.4 Å². The number of hydrogen-bond donors (Lipinski definition) is 0. The Labute approximate surface area is 96.1 Å². The molecule has 0 radical (unpaired) electrons. The van der Waals surface area contributed by atoms with Gasteiger partial charge in [-0.1, -0.05) is 39.5 Å². The van der Waals surface area contributed by atoms with Gasteiger partial charge in [-0.3, -0.25) is 0 Å². The summed E-state index contributed by atoms with van der Waals surface area (Å²) in [5, 5.41) is 0. The number of rotatable bonds is 11. The third-order valence-electron chi connectivity index (χ3n) is 2.20. The van der Waals surface area contributed by atoms with Crippen molar-refractivity contribution in [1.82, 2.24) is 0 Å². The van der Waals surface area contributed by atoms with Crippen molar-refractivity contribution in [3.05, 3.63) is 0 Å². The van der Waals surface area contributed by atoms with Gasteiger partial charge in [0.2, 0.25) is 0 Å². The van der Waals surface area contributed by atoms with Crippen LogP contribution in [0.2, 0.25) is 0 Å². The first kappa shape index (κ1) is 15.1. The van der Waals surface area contributed by atoms with Crippen LogP contribution < -0.4 is 0 Å². The molecule has 3 nitrogen and oxygen atoms in total. The van der Waals surface area contributed by atoms with Gasteiger partial charge in [-0.05, 0) is 12.8 Å². The van der Waals surface area contributed by atoms with E-state index in [-0.39, 0.29) is 0 Å². The Hall–Kier alpha value is 0.0969. The molecule has 0 aromatic rings. The van der Waals surface area contributed by atoms with E-state index in [2.05, 4.69) is 13.8 Å². The van der Waals surface area contributed by atoms with Crippen molar-refractivity contribution in [1.29, 1.82) is 0 Å². The van der Waals surface area contributed by atoms with Gasteiger partial charge < -0.3 is 13.3 Å². The number of hydrogen-bond acceptors (Lipinski definition) is 3. The fraction of sp³-hybridized carbons (Fsp3) is 1.00.